The van der Waals surface area contributed by atoms with E-state index < -0.39 is 6.09 Å². The number of hydrogen-bond donors (Lipinski definition) is 2. The number of benzene rings is 1. The number of hydrogen-bond acceptors (Lipinski definition) is 2. The van der Waals surface area contributed by atoms with Gasteiger partial charge in [0.15, 0.2) is 0 Å². The number of carbonyl (C=O) groups excluding carboxylic acids is 1. The fraction of sp³-hybridized carbons (Fsp3) is 0.500. The second-order valence-corrected chi connectivity index (χ2v) is 6.85. The molecular formula is C16H23BrN2O3. The van der Waals surface area contributed by atoms with Gasteiger partial charge in [-0.1, -0.05) is 54.9 Å². The van der Waals surface area contributed by atoms with E-state index in [1.807, 2.05) is 52.0 Å². The molecule has 0 fully saturated rings. The maximum absolute atomic E-state index is 12.3. The van der Waals surface area contributed by atoms with Gasteiger partial charge in [-0.3, -0.25) is 4.79 Å². The minimum Gasteiger partial charge on any atom is -0.465 e. The molecule has 0 aliphatic heterocycles. The molecule has 0 saturated carbocycles. The Bertz CT molecular complexity index is 540. The molecule has 0 bridgehead atoms. The molecule has 0 spiro atoms. The Morgan fingerprint density at radius 2 is 1.91 bits per heavy atom. The van der Waals surface area contributed by atoms with Crippen molar-refractivity contribution in [2.75, 3.05) is 16.8 Å². The number of nitrogens with one attached hydrogen (secondary N) is 1. The van der Waals surface area contributed by atoms with Gasteiger partial charge in [-0.25, -0.2) is 4.79 Å². The van der Waals surface area contributed by atoms with E-state index in [4.69, 9.17) is 5.11 Å². The van der Waals surface area contributed by atoms with Gasteiger partial charge in [0.1, 0.15) is 0 Å². The van der Waals surface area contributed by atoms with Crippen molar-refractivity contribution in [3.8, 4) is 0 Å². The van der Waals surface area contributed by atoms with Crippen molar-refractivity contribution in [3.63, 3.8) is 0 Å². The van der Waals surface area contributed by atoms with Crippen LogP contribution in [0.1, 0.15) is 26.3 Å². The van der Waals surface area contributed by atoms with E-state index in [0.29, 0.717) is 0 Å². The number of carbonyl (C=O) groups is 2. The van der Waals surface area contributed by atoms with Crippen LogP contribution in [0.2, 0.25) is 0 Å². The Morgan fingerprint density at radius 3 is 2.36 bits per heavy atom. The first-order chi connectivity index (χ1) is 10.2. The van der Waals surface area contributed by atoms with Gasteiger partial charge in [-0.15, -0.1) is 0 Å². The van der Waals surface area contributed by atoms with Crippen LogP contribution in [-0.4, -0.2) is 35.0 Å². The zero-order chi connectivity index (χ0) is 16.9. The van der Waals surface area contributed by atoms with Gasteiger partial charge in [-0.05, 0) is 24.0 Å². The minimum atomic E-state index is -1.09. The van der Waals surface area contributed by atoms with Crippen LogP contribution < -0.4 is 10.2 Å². The summed E-state index contributed by atoms with van der Waals surface area (Å²) in [4.78, 5) is 25.0. The third kappa shape index (κ3) is 5.02. The summed E-state index contributed by atoms with van der Waals surface area (Å²) < 4.78 is 0. The molecule has 2 amide bonds. The van der Waals surface area contributed by atoms with E-state index in [1.165, 1.54) is 0 Å². The Hall–Kier alpha value is -1.56. The molecule has 6 heteroatoms. The number of anilines is 1. The SMILES string of the molecule is Cc1ccccc1N(CC(NC(=O)O)C(C)(C)C)C(=O)CBr. The van der Waals surface area contributed by atoms with E-state index in [2.05, 4.69) is 21.2 Å². The second kappa shape index (κ2) is 7.63. The molecule has 1 unspecified atom stereocenters. The highest BCUT2D eigenvalue weighted by molar-refractivity contribution is 9.09. The molecule has 0 aliphatic carbocycles. The van der Waals surface area contributed by atoms with Crippen LogP contribution in [0.4, 0.5) is 10.5 Å². The summed E-state index contributed by atoms with van der Waals surface area (Å²) in [5.74, 6) is -0.101. The number of rotatable bonds is 5. The Morgan fingerprint density at radius 1 is 1.32 bits per heavy atom. The van der Waals surface area contributed by atoms with Gasteiger partial charge in [0.05, 0.1) is 11.4 Å². The topological polar surface area (TPSA) is 69.6 Å². The van der Waals surface area contributed by atoms with Crippen LogP contribution in [-0.2, 0) is 4.79 Å². The molecular weight excluding hydrogens is 348 g/mol. The number of para-hydroxylation sites is 1. The highest BCUT2D eigenvalue weighted by atomic mass is 79.9. The van der Waals surface area contributed by atoms with Gasteiger partial charge < -0.3 is 15.3 Å². The van der Waals surface area contributed by atoms with Crippen molar-refractivity contribution < 1.29 is 14.7 Å². The summed E-state index contributed by atoms with van der Waals surface area (Å²) >= 11 is 3.20. The first kappa shape index (κ1) is 18.5. The first-order valence-electron chi connectivity index (χ1n) is 7.08. The third-order valence-corrected chi connectivity index (χ3v) is 4.01. The van der Waals surface area contributed by atoms with E-state index in [-0.39, 0.29) is 29.2 Å². The Balaban J connectivity index is 3.14. The molecule has 5 nitrogen and oxygen atoms in total. The Labute approximate surface area is 139 Å². The van der Waals surface area contributed by atoms with E-state index in [9.17, 15) is 9.59 Å². The monoisotopic (exact) mass is 370 g/mol. The molecule has 22 heavy (non-hydrogen) atoms. The fourth-order valence-corrected chi connectivity index (χ4v) is 2.44. The number of nitrogens with zero attached hydrogens (tertiary/aromatic N) is 1. The number of alkyl halides is 1. The van der Waals surface area contributed by atoms with Gasteiger partial charge in [0.25, 0.3) is 0 Å². The standard InChI is InChI=1S/C16H23BrN2O3/c1-11-7-5-6-8-12(11)19(14(20)9-17)10-13(16(2,3)4)18-15(21)22/h5-8,13,18H,9-10H2,1-4H3,(H,21,22). The summed E-state index contributed by atoms with van der Waals surface area (Å²) in [5.41, 5.74) is 1.46. The van der Waals surface area contributed by atoms with E-state index >= 15 is 0 Å². The van der Waals surface area contributed by atoms with Gasteiger partial charge in [0, 0.05) is 12.2 Å². The predicted molar refractivity (Wildman–Crippen MR) is 91.7 cm³/mol. The van der Waals surface area contributed by atoms with Crippen LogP contribution in [0.15, 0.2) is 24.3 Å². The van der Waals surface area contributed by atoms with Crippen molar-refractivity contribution in [1.82, 2.24) is 5.32 Å². The average molecular weight is 371 g/mol. The smallest absolute Gasteiger partial charge is 0.404 e. The first-order valence-corrected chi connectivity index (χ1v) is 8.20. The van der Waals surface area contributed by atoms with E-state index in [1.54, 1.807) is 4.90 Å². The molecule has 2 N–H and O–H groups in total. The van der Waals surface area contributed by atoms with Crippen molar-refractivity contribution in [1.29, 1.82) is 0 Å². The lowest BCUT2D eigenvalue weighted by Gasteiger charge is -2.35. The van der Waals surface area contributed by atoms with Crippen LogP contribution >= 0.6 is 15.9 Å². The zero-order valence-electron chi connectivity index (χ0n) is 13.4. The minimum absolute atomic E-state index is 0.101. The van der Waals surface area contributed by atoms with Gasteiger partial charge >= 0.3 is 6.09 Å². The van der Waals surface area contributed by atoms with Crippen molar-refractivity contribution >= 4 is 33.6 Å². The van der Waals surface area contributed by atoms with Crippen molar-refractivity contribution in [2.24, 2.45) is 5.41 Å². The van der Waals surface area contributed by atoms with Crippen LogP contribution in [0.25, 0.3) is 0 Å². The number of carboxylic acid groups (broad SMARTS) is 1. The van der Waals surface area contributed by atoms with Crippen LogP contribution in [0, 0.1) is 12.3 Å². The molecule has 0 aliphatic rings. The molecule has 1 aromatic rings. The number of halogens is 1. The third-order valence-electron chi connectivity index (χ3n) is 3.53. The van der Waals surface area contributed by atoms with Gasteiger partial charge in [-0.2, -0.15) is 0 Å². The maximum atomic E-state index is 12.3. The quantitative estimate of drug-likeness (QED) is 0.780. The van der Waals surface area contributed by atoms with E-state index in [0.717, 1.165) is 11.3 Å². The highest BCUT2D eigenvalue weighted by Crippen LogP contribution is 2.25. The normalized spacial score (nSPS) is 12.6. The molecule has 0 heterocycles. The maximum Gasteiger partial charge on any atom is 0.404 e. The lowest BCUT2D eigenvalue weighted by molar-refractivity contribution is -0.116. The molecule has 0 radical (unpaired) electrons. The molecule has 122 valence electrons. The van der Waals surface area contributed by atoms with Gasteiger partial charge in [0.2, 0.25) is 5.91 Å². The summed E-state index contributed by atoms with van der Waals surface area (Å²) in [5, 5.41) is 11.8. The molecule has 1 aromatic carbocycles. The van der Waals surface area contributed by atoms with Crippen molar-refractivity contribution in [2.45, 2.75) is 33.7 Å². The summed E-state index contributed by atoms with van der Waals surface area (Å²) in [6, 6.07) is 7.20. The second-order valence-electron chi connectivity index (χ2n) is 6.29. The summed E-state index contributed by atoms with van der Waals surface area (Å²) in [6.07, 6.45) is -1.09. The molecule has 1 atom stereocenters. The highest BCUT2D eigenvalue weighted by Gasteiger charge is 2.30. The summed E-state index contributed by atoms with van der Waals surface area (Å²) in [6.45, 7) is 8.05. The summed E-state index contributed by atoms with van der Waals surface area (Å²) in [7, 11) is 0. The molecule has 0 aromatic heterocycles. The predicted octanol–water partition coefficient (Wildman–Crippen LogP) is 3.41. The van der Waals surface area contributed by atoms with Crippen LogP contribution in [0.5, 0.6) is 0 Å². The molecule has 0 saturated heterocycles. The lowest BCUT2D eigenvalue weighted by Crippen LogP contribution is -2.52. The number of amides is 2. The average Bonchev–Trinajstić information content (AvgIpc) is 2.42. The number of aryl methyl sites for hydroxylation is 1. The zero-order valence-corrected chi connectivity index (χ0v) is 15.0. The largest absolute Gasteiger partial charge is 0.465 e. The van der Waals surface area contributed by atoms with Crippen LogP contribution in [0.3, 0.4) is 0 Å². The Kier molecular flexibility index (Phi) is 6.41. The molecule has 1 rings (SSSR count). The fourth-order valence-electron chi connectivity index (χ4n) is 2.14. The lowest BCUT2D eigenvalue weighted by atomic mass is 9.86. The van der Waals surface area contributed by atoms with Crippen molar-refractivity contribution in [3.05, 3.63) is 29.8 Å².